The van der Waals surface area contributed by atoms with E-state index in [1.54, 1.807) is 23.0 Å². The van der Waals surface area contributed by atoms with Gasteiger partial charge in [-0.1, -0.05) is 0 Å². The highest BCUT2D eigenvalue weighted by molar-refractivity contribution is 5.70. The zero-order valence-corrected chi connectivity index (χ0v) is 18.6. The van der Waals surface area contributed by atoms with E-state index in [0.29, 0.717) is 55.0 Å². The maximum absolute atomic E-state index is 12.5. The van der Waals surface area contributed by atoms with E-state index in [1.807, 2.05) is 6.07 Å². The molecule has 0 aromatic carbocycles. The van der Waals surface area contributed by atoms with E-state index in [4.69, 9.17) is 19.9 Å². The van der Waals surface area contributed by atoms with Crippen LogP contribution in [0, 0.1) is 5.92 Å². The Morgan fingerprint density at radius 1 is 1.15 bits per heavy atom. The number of hydrogen-bond acceptors (Lipinski definition) is 9. The van der Waals surface area contributed by atoms with Crippen LogP contribution in [0.15, 0.2) is 35.4 Å². The summed E-state index contributed by atoms with van der Waals surface area (Å²) in [6, 6.07) is 5.19. The fourth-order valence-corrected chi connectivity index (χ4v) is 4.56. The Morgan fingerprint density at radius 2 is 2.00 bits per heavy atom. The molecule has 2 atom stereocenters. The molecular weight excluding hydrogens is 424 g/mol. The van der Waals surface area contributed by atoms with Crippen molar-refractivity contribution in [2.45, 2.75) is 32.0 Å². The Bertz CT molecular complexity index is 1200. The minimum absolute atomic E-state index is 0.0766. The monoisotopic (exact) mass is 452 g/mol. The van der Waals surface area contributed by atoms with Crippen LogP contribution in [0.3, 0.4) is 0 Å². The first-order valence-electron chi connectivity index (χ1n) is 11.3. The lowest BCUT2D eigenvalue weighted by atomic mass is 9.90. The summed E-state index contributed by atoms with van der Waals surface area (Å²) in [5.41, 5.74) is 8.59. The van der Waals surface area contributed by atoms with Gasteiger partial charge < -0.3 is 19.9 Å². The summed E-state index contributed by atoms with van der Waals surface area (Å²) in [7, 11) is 1.53. The molecular formula is C23H28N6O4. The average molecular weight is 453 g/mol. The van der Waals surface area contributed by atoms with Gasteiger partial charge in [0.25, 0.3) is 5.56 Å². The fourth-order valence-electron chi connectivity index (χ4n) is 4.56. The topological polar surface area (TPSA) is 118 Å². The molecule has 5 heterocycles. The van der Waals surface area contributed by atoms with Crippen molar-refractivity contribution in [3.63, 3.8) is 0 Å². The molecule has 1 saturated heterocycles. The fraction of sp³-hybridized carbons (Fsp3) is 0.478. The number of nitrogens with zero attached hydrogens (tertiary/aromatic N) is 5. The molecule has 10 nitrogen and oxygen atoms in total. The number of likely N-dealkylation sites (tertiary alicyclic amines) is 1. The predicted molar refractivity (Wildman–Crippen MR) is 122 cm³/mol. The molecule has 0 radical (unpaired) electrons. The van der Waals surface area contributed by atoms with Gasteiger partial charge in [0.15, 0.2) is 17.1 Å². The first-order valence-corrected chi connectivity index (χ1v) is 11.3. The van der Waals surface area contributed by atoms with E-state index in [1.165, 1.54) is 13.2 Å². The maximum Gasteiger partial charge on any atom is 0.252 e. The van der Waals surface area contributed by atoms with Crippen LogP contribution in [0.5, 0.6) is 17.4 Å². The van der Waals surface area contributed by atoms with E-state index in [0.717, 1.165) is 37.3 Å². The van der Waals surface area contributed by atoms with Gasteiger partial charge in [0, 0.05) is 30.9 Å². The lowest BCUT2D eigenvalue weighted by Gasteiger charge is -2.37. The molecule has 1 fully saturated rings. The van der Waals surface area contributed by atoms with Gasteiger partial charge in [0.2, 0.25) is 5.88 Å². The molecule has 174 valence electrons. The third-order valence-electron chi connectivity index (χ3n) is 6.34. The van der Waals surface area contributed by atoms with Crippen molar-refractivity contribution in [2.75, 3.05) is 33.4 Å². The minimum Gasteiger partial charge on any atom is -0.486 e. The molecule has 2 unspecified atom stereocenters. The van der Waals surface area contributed by atoms with Gasteiger partial charge in [-0.3, -0.25) is 19.2 Å². The van der Waals surface area contributed by atoms with Crippen LogP contribution in [-0.4, -0.2) is 64.0 Å². The number of piperidine rings is 1. The highest BCUT2D eigenvalue weighted by atomic mass is 16.6. The normalized spacial score (nSPS) is 20.7. The van der Waals surface area contributed by atoms with Crippen LogP contribution in [-0.2, 0) is 13.0 Å². The second-order valence-electron chi connectivity index (χ2n) is 8.46. The second-order valence-corrected chi connectivity index (χ2v) is 8.46. The predicted octanol–water partition coefficient (Wildman–Crippen LogP) is 1.21. The SMILES string of the molecule is COc1cnc2ccc(=O)n(CCN3CCC(Cc4cc5c(cn4)OCCO5)CC3N)c2n1. The summed E-state index contributed by atoms with van der Waals surface area (Å²) < 4.78 is 18.1. The van der Waals surface area contributed by atoms with E-state index >= 15 is 0 Å². The summed E-state index contributed by atoms with van der Waals surface area (Å²) in [6.07, 6.45) is 5.96. The van der Waals surface area contributed by atoms with Crippen molar-refractivity contribution in [1.29, 1.82) is 0 Å². The van der Waals surface area contributed by atoms with Crippen LogP contribution < -0.4 is 25.5 Å². The lowest BCUT2D eigenvalue weighted by molar-refractivity contribution is 0.111. The summed E-state index contributed by atoms with van der Waals surface area (Å²) in [5.74, 6) is 2.31. The first-order chi connectivity index (χ1) is 16.1. The van der Waals surface area contributed by atoms with Gasteiger partial charge in [-0.25, -0.2) is 4.98 Å². The Kier molecular flexibility index (Phi) is 6.10. The van der Waals surface area contributed by atoms with Gasteiger partial charge in [-0.15, -0.1) is 0 Å². The van der Waals surface area contributed by atoms with Gasteiger partial charge in [-0.2, -0.15) is 4.98 Å². The quantitative estimate of drug-likeness (QED) is 0.589. The number of pyridine rings is 2. The minimum atomic E-state index is -0.113. The van der Waals surface area contributed by atoms with Crippen molar-refractivity contribution >= 4 is 11.2 Å². The molecule has 2 N–H and O–H groups in total. The standard InChI is InChI=1S/C23H28N6O4/c1-31-21-14-26-17-2-3-22(30)29(23(17)27-21)7-6-28-5-4-15(11-20(28)24)10-16-12-18-19(13-25-16)33-9-8-32-18/h2-3,12-15,20H,4-11,24H2,1H3. The van der Waals surface area contributed by atoms with Gasteiger partial charge in [0.05, 0.1) is 25.7 Å². The molecule has 0 amide bonds. The zero-order valence-electron chi connectivity index (χ0n) is 18.6. The molecule has 5 rings (SSSR count). The summed E-state index contributed by atoms with van der Waals surface area (Å²) in [6.45, 7) is 3.14. The van der Waals surface area contributed by atoms with Crippen molar-refractivity contribution in [3.8, 4) is 17.4 Å². The molecule has 3 aromatic heterocycles. The molecule has 2 aliphatic heterocycles. The largest absolute Gasteiger partial charge is 0.486 e. The third-order valence-corrected chi connectivity index (χ3v) is 6.34. The van der Waals surface area contributed by atoms with E-state index in [9.17, 15) is 4.79 Å². The second kappa shape index (κ2) is 9.32. The zero-order chi connectivity index (χ0) is 22.8. The van der Waals surface area contributed by atoms with Crippen molar-refractivity contribution in [1.82, 2.24) is 24.4 Å². The number of rotatable bonds is 6. The number of ether oxygens (including phenoxy) is 3. The van der Waals surface area contributed by atoms with Gasteiger partial charge in [0.1, 0.15) is 18.7 Å². The Labute approximate surface area is 191 Å². The van der Waals surface area contributed by atoms with E-state index in [-0.39, 0.29) is 11.7 Å². The summed E-state index contributed by atoms with van der Waals surface area (Å²) >= 11 is 0. The highest BCUT2D eigenvalue weighted by Gasteiger charge is 2.27. The van der Waals surface area contributed by atoms with Crippen LogP contribution in [0.2, 0.25) is 0 Å². The summed E-state index contributed by atoms with van der Waals surface area (Å²) in [5, 5.41) is 0. The lowest BCUT2D eigenvalue weighted by Crippen LogP contribution is -2.49. The number of methoxy groups -OCH3 is 1. The number of hydrogen-bond donors (Lipinski definition) is 1. The molecule has 0 aliphatic carbocycles. The Balaban J connectivity index is 1.22. The van der Waals surface area contributed by atoms with Gasteiger partial charge >= 0.3 is 0 Å². The van der Waals surface area contributed by atoms with Crippen molar-refractivity contribution in [3.05, 3.63) is 46.6 Å². The average Bonchev–Trinajstić information content (AvgIpc) is 2.84. The number of nitrogens with two attached hydrogens (primary N) is 1. The van der Waals surface area contributed by atoms with Gasteiger partial charge in [-0.05, 0) is 37.8 Å². The highest BCUT2D eigenvalue weighted by Crippen LogP contribution is 2.31. The molecule has 0 spiro atoms. The van der Waals surface area contributed by atoms with Crippen molar-refractivity contribution < 1.29 is 14.2 Å². The maximum atomic E-state index is 12.5. The van der Waals surface area contributed by atoms with E-state index in [2.05, 4.69) is 19.9 Å². The molecule has 0 saturated carbocycles. The smallest absolute Gasteiger partial charge is 0.252 e. The van der Waals surface area contributed by atoms with Crippen molar-refractivity contribution in [2.24, 2.45) is 11.7 Å². The van der Waals surface area contributed by atoms with Crippen LogP contribution >= 0.6 is 0 Å². The molecule has 0 bridgehead atoms. The molecule has 2 aliphatic rings. The van der Waals surface area contributed by atoms with Crippen LogP contribution in [0.4, 0.5) is 0 Å². The molecule has 10 heteroatoms. The Morgan fingerprint density at radius 3 is 2.82 bits per heavy atom. The summed E-state index contributed by atoms with van der Waals surface area (Å²) in [4.78, 5) is 28.1. The van der Waals surface area contributed by atoms with Crippen LogP contribution in [0.1, 0.15) is 18.5 Å². The van der Waals surface area contributed by atoms with E-state index < -0.39 is 0 Å². The number of fused-ring (bicyclic) bond motifs is 2. The third kappa shape index (κ3) is 4.62. The number of aromatic nitrogens is 4. The molecule has 3 aromatic rings. The van der Waals surface area contributed by atoms with Crippen LogP contribution in [0.25, 0.3) is 11.2 Å². The molecule has 33 heavy (non-hydrogen) atoms. The Hall–Kier alpha value is -3.24. The first kappa shape index (κ1) is 21.6.